The van der Waals surface area contributed by atoms with E-state index in [0.29, 0.717) is 5.82 Å². The Morgan fingerprint density at radius 2 is 2.00 bits per heavy atom. The molecule has 0 bridgehead atoms. The molecular weight excluding hydrogens is 256 g/mol. The fourth-order valence-corrected chi connectivity index (χ4v) is 2.37. The Balaban J connectivity index is 2.15. The Morgan fingerprint density at radius 3 is 2.58 bits per heavy atom. The molecule has 0 amide bonds. The number of hydrogen-bond acceptors (Lipinski definition) is 5. The zero-order valence-corrected chi connectivity index (χ0v) is 11.7. The molecule has 1 aromatic carbocycles. The normalized spacial score (nSPS) is 12.3. The Morgan fingerprint density at radius 1 is 1.26 bits per heavy atom. The molecule has 0 radical (unpaired) electrons. The van der Waals surface area contributed by atoms with Gasteiger partial charge in [0.25, 0.3) is 0 Å². The average Bonchev–Trinajstić information content (AvgIpc) is 2.45. The van der Waals surface area contributed by atoms with Gasteiger partial charge in [-0.15, -0.1) is 11.8 Å². The summed E-state index contributed by atoms with van der Waals surface area (Å²) in [7, 11) is 0. The quantitative estimate of drug-likeness (QED) is 0.442. The molecular formula is C14H18N4S. The van der Waals surface area contributed by atoms with Crippen molar-refractivity contribution in [1.82, 2.24) is 10.4 Å². The van der Waals surface area contributed by atoms with E-state index in [1.807, 2.05) is 12.1 Å². The second-order valence-corrected chi connectivity index (χ2v) is 5.17. The van der Waals surface area contributed by atoms with Gasteiger partial charge in [-0.1, -0.05) is 12.1 Å². The first-order chi connectivity index (χ1) is 9.22. The highest BCUT2D eigenvalue weighted by molar-refractivity contribution is 7.98. The predicted molar refractivity (Wildman–Crippen MR) is 80.6 cm³/mol. The van der Waals surface area contributed by atoms with Crippen molar-refractivity contribution in [1.29, 1.82) is 0 Å². The van der Waals surface area contributed by atoms with Crippen LogP contribution < -0.4 is 17.0 Å². The lowest BCUT2D eigenvalue weighted by molar-refractivity contribution is 0.551. The Labute approximate surface area is 117 Å². The number of hydrogen-bond donors (Lipinski definition) is 3. The molecule has 0 spiro atoms. The van der Waals surface area contributed by atoms with Gasteiger partial charge < -0.3 is 5.73 Å². The zero-order valence-electron chi connectivity index (χ0n) is 10.8. The topological polar surface area (TPSA) is 77.0 Å². The van der Waals surface area contributed by atoms with Crippen LogP contribution in [0.2, 0.25) is 0 Å². The molecule has 4 nitrogen and oxygen atoms in total. The number of rotatable bonds is 5. The summed E-state index contributed by atoms with van der Waals surface area (Å²) in [4.78, 5) is 5.23. The van der Waals surface area contributed by atoms with Gasteiger partial charge in [-0.25, -0.2) is 4.98 Å². The number of aromatic nitrogens is 1. The molecule has 2 rings (SSSR count). The van der Waals surface area contributed by atoms with Crippen LogP contribution in [-0.2, 0) is 6.42 Å². The van der Waals surface area contributed by atoms with E-state index in [2.05, 4.69) is 40.9 Å². The van der Waals surface area contributed by atoms with Crippen LogP contribution in [0, 0.1) is 0 Å². The fraction of sp³-hybridized carbons (Fsp3) is 0.214. The van der Waals surface area contributed by atoms with Crippen LogP contribution in [0.4, 0.5) is 5.82 Å². The Hall–Kier alpha value is -1.56. The average molecular weight is 274 g/mol. The fourth-order valence-electron chi connectivity index (χ4n) is 1.97. The van der Waals surface area contributed by atoms with Gasteiger partial charge in [-0.05, 0) is 48.1 Å². The Bertz CT molecular complexity index is 527. The minimum Gasteiger partial charge on any atom is -0.384 e. The number of pyridine rings is 1. The number of anilines is 1. The molecule has 100 valence electrons. The van der Waals surface area contributed by atoms with Gasteiger partial charge in [0.05, 0.1) is 0 Å². The highest BCUT2D eigenvalue weighted by Crippen LogP contribution is 2.21. The van der Waals surface area contributed by atoms with E-state index < -0.39 is 0 Å². The molecule has 1 heterocycles. The summed E-state index contributed by atoms with van der Waals surface area (Å²) in [5.74, 6) is 6.19. The molecule has 0 aliphatic carbocycles. The summed E-state index contributed by atoms with van der Waals surface area (Å²) >= 11 is 1.73. The van der Waals surface area contributed by atoms with Gasteiger partial charge in [0, 0.05) is 17.1 Å². The Kier molecular flexibility index (Phi) is 4.79. The van der Waals surface area contributed by atoms with E-state index in [9.17, 15) is 0 Å². The van der Waals surface area contributed by atoms with Gasteiger partial charge in [0.1, 0.15) is 5.82 Å². The number of nitrogen functional groups attached to an aromatic ring is 1. The van der Waals surface area contributed by atoms with Crippen molar-refractivity contribution in [2.75, 3.05) is 12.0 Å². The van der Waals surface area contributed by atoms with Crippen LogP contribution in [-0.4, -0.2) is 11.2 Å². The number of nitrogens with zero attached hydrogens (tertiary/aromatic N) is 1. The summed E-state index contributed by atoms with van der Waals surface area (Å²) < 4.78 is 0. The van der Waals surface area contributed by atoms with E-state index in [-0.39, 0.29) is 6.04 Å². The van der Waals surface area contributed by atoms with Crippen molar-refractivity contribution < 1.29 is 0 Å². The van der Waals surface area contributed by atoms with Crippen LogP contribution in [0.3, 0.4) is 0 Å². The molecule has 0 aliphatic rings. The SMILES string of the molecule is CSc1ccc(C(Cc2ccnc(N)c2)NN)cc1. The summed E-state index contributed by atoms with van der Waals surface area (Å²) in [5, 5.41) is 0. The molecule has 0 fully saturated rings. The second-order valence-electron chi connectivity index (χ2n) is 4.29. The molecule has 1 atom stereocenters. The lowest BCUT2D eigenvalue weighted by Gasteiger charge is -2.17. The van der Waals surface area contributed by atoms with E-state index in [1.54, 1.807) is 18.0 Å². The van der Waals surface area contributed by atoms with Gasteiger partial charge in [-0.2, -0.15) is 0 Å². The first-order valence-electron chi connectivity index (χ1n) is 6.03. The summed E-state index contributed by atoms with van der Waals surface area (Å²) in [6.07, 6.45) is 4.56. The van der Waals surface area contributed by atoms with Crippen molar-refractivity contribution in [2.24, 2.45) is 5.84 Å². The summed E-state index contributed by atoms with van der Waals surface area (Å²) in [6, 6.07) is 12.3. The largest absolute Gasteiger partial charge is 0.384 e. The lowest BCUT2D eigenvalue weighted by Crippen LogP contribution is -2.29. The van der Waals surface area contributed by atoms with Crippen molar-refractivity contribution in [3.63, 3.8) is 0 Å². The van der Waals surface area contributed by atoms with E-state index >= 15 is 0 Å². The van der Waals surface area contributed by atoms with Crippen LogP contribution in [0.5, 0.6) is 0 Å². The first kappa shape index (κ1) is 13.9. The van der Waals surface area contributed by atoms with Crippen LogP contribution >= 0.6 is 11.8 Å². The van der Waals surface area contributed by atoms with Gasteiger partial charge in [0.15, 0.2) is 0 Å². The van der Waals surface area contributed by atoms with Gasteiger partial charge in [0.2, 0.25) is 0 Å². The van der Waals surface area contributed by atoms with Crippen molar-refractivity contribution in [2.45, 2.75) is 17.4 Å². The van der Waals surface area contributed by atoms with Crippen LogP contribution in [0.15, 0.2) is 47.5 Å². The lowest BCUT2D eigenvalue weighted by atomic mass is 10.00. The zero-order chi connectivity index (χ0) is 13.7. The minimum absolute atomic E-state index is 0.0673. The van der Waals surface area contributed by atoms with Crippen molar-refractivity contribution in [3.8, 4) is 0 Å². The molecule has 19 heavy (non-hydrogen) atoms. The van der Waals surface area contributed by atoms with Gasteiger partial charge >= 0.3 is 0 Å². The number of benzene rings is 1. The molecule has 2 aromatic rings. The number of hydrazine groups is 1. The summed E-state index contributed by atoms with van der Waals surface area (Å²) in [5.41, 5.74) is 10.8. The summed E-state index contributed by atoms with van der Waals surface area (Å²) in [6.45, 7) is 0. The highest BCUT2D eigenvalue weighted by atomic mass is 32.2. The van der Waals surface area contributed by atoms with Crippen molar-refractivity contribution >= 4 is 17.6 Å². The first-order valence-corrected chi connectivity index (χ1v) is 7.26. The third kappa shape index (κ3) is 3.70. The number of nitrogens with one attached hydrogen (secondary N) is 1. The maximum atomic E-state index is 5.69. The van der Waals surface area contributed by atoms with E-state index in [4.69, 9.17) is 11.6 Å². The number of nitrogens with two attached hydrogens (primary N) is 2. The molecule has 5 N–H and O–H groups in total. The molecule has 5 heteroatoms. The third-order valence-corrected chi connectivity index (χ3v) is 3.75. The third-order valence-electron chi connectivity index (χ3n) is 3.00. The molecule has 1 unspecified atom stereocenters. The van der Waals surface area contributed by atoms with E-state index in [0.717, 1.165) is 17.5 Å². The molecule has 0 saturated carbocycles. The minimum atomic E-state index is 0.0673. The van der Waals surface area contributed by atoms with Crippen molar-refractivity contribution in [3.05, 3.63) is 53.7 Å². The number of thioether (sulfide) groups is 1. The van der Waals surface area contributed by atoms with Gasteiger partial charge in [-0.3, -0.25) is 11.3 Å². The molecule has 0 saturated heterocycles. The van der Waals surface area contributed by atoms with Crippen LogP contribution in [0.1, 0.15) is 17.2 Å². The highest BCUT2D eigenvalue weighted by Gasteiger charge is 2.10. The second kappa shape index (κ2) is 6.56. The smallest absolute Gasteiger partial charge is 0.123 e. The monoisotopic (exact) mass is 274 g/mol. The molecule has 1 aromatic heterocycles. The van der Waals surface area contributed by atoms with E-state index in [1.165, 1.54) is 4.90 Å². The standard InChI is InChI=1S/C14H18N4S/c1-19-12-4-2-11(3-5-12)13(18-16)8-10-6-7-17-14(15)9-10/h2-7,9,13,18H,8,16H2,1H3,(H2,15,17). The predicted octanol–water partition coefficient (Wildman–Crippen LogP) is 2.13. The maximum absolute atomic E-state index is 5.69. The molecule has 0 aliphatic heterocycles. The van der Waals surface area contributed by atoms with Crippen LogP contribution in [0.25, 0.3) is 0 Å². The maximum Gasteiger partial charge on any atom is 0.123 e.